The molecule has 4 heteroatoms. The quantitative estimate of drug-likeness (QED) is 0.711. The van der Waals surface area contributed by atoms with E-state index in [1.165, 1.54) is 5.56 Å². The number of aryl methyl sites for hydroxylation is 1. The summed E-state index contributed by atoms with van der Waals surface area (Å²) in [6.07, 6.45) is 0.966. The molecule has 0 radical (unpaired) electrons. The maximum Gasteiger partial charge on any atom is 0.293 e. The Kier molecular flexibility index (Phi) is 6.22. The van der Waals surface area contributed by atoms with E-state index in [2.05, 4.69) is 6.92 Å². The van der Waals surface area contributed by atoms with Crippen LogP contribution in [0, 0.1) is 0 Å². The van der Waals surface area contributed by atoms with E-state index in [4.69, 9.17) is 9.47 Å². The first-order valence-electron chi connectivity index (χ1n) is 6.18. The average Bonchev–Trinajstić information content (AvgIpc) is 2.37. The van der Waals surface area contributed by atoms with Crippen LogP contribution in [-0.4, -0.2) is 25.7 Å². The minimum Gasteiger partial charge on any atom is -0.375 e. The monoisotopic (exact) mass is 258 g/mol. The Labute approximate surface area is 107 Å². The van der Waals surface area contributed by atoms with Crippen LogP contribution < -0.4 is 0 Å². The predicted octanol–water partition coefficient (Wildman–Crippen LogP) is 3.44. The minimum atomic E-state index is -2.92. The minimum absolute atomic E-state index is 0.200. The van der Waals surface area contributed by atoms with Gasteiger partial charge in [0.05, 0.1) is 6.61 Å². The highest BCUT2D eigenvalue weighted by molar-refractivity contribution is 5.21. The van der Waals surface area contributed by atoms with Crippen LogP contribution in [-0.2, 0) is 22.5 Å². The van der Waals surface area contributed by atoms with E-state index in [0.29, 0.717) is 0 Å². The van der Waals surface area contributed by atoms with Gasteiger partial charge in [-0.05, 0) is 24.5 Å². The fourth-order valence-electron chi connectivity index (χ4n) is 1.48. The second-order valence-electron chi connectivity index (χ2n) is 4.16. The third-order valence-electron chi connectivity index (χ3n) is 2.53. The summed E-state index contributed by atoms with van der Waals surface area (Å²) in [5.41, 5.74) is 2.12. The van der Waals surface area contributed by atoms with Crippen LogP contribution in [0.1, 0.15) is 25.0 Å². The van der Waals surface area contributed by atoms with Gasteiger partial charge in [0, 0.05) is 6.61 Å². The van der Waals surface area contributed by atoms with Crippen LogP contribution in [0.3, 0.4) is 0 Å². The third kappa shape index (κ3) is 5.56. The van der Waals surface area contributed by atoms with Gasteiger partial charge in [0.25, 0.3) is 5.92 Å². The molecule has 0 N–H and O–H groups in total. The van der Waals surface area contributed by atoms with Crippen molar-refractivity contribution in [3.8, 4) is 0 Å². The van der Waals surface area contributed by atoms with E-state index in [1.807, 2.05) is 24.3 Å². The Hall–Kier alpha value is -1.00. The summed E-state index contributed by atoms with van der Waals surface area (Å²) in [7, 11) is 0. The third-order valence-corrected chi connectivity index (χ3v) is 2.53. The van der Waals surface area contributed by atoms with Crippen molar-refractivity contribution in [2.75, 3.05) is 19.8 Å². The molecule has 0 bridgehead atoms. The molecule has 0 spiro atoms. The molecule has 1 rings (SSSR count). The number of hydrogen-bond donors (Lipinski definition) is 0. The summed E-state index contributed by atoms with van der Waals surface area (Å²) in [4.78, 5) is 0. The van der Waals surface area contributed by atoms with E-state index >= 15 is 0 Å². The van der Waals surface area contributed by atoms with Crippen molar-refractivity contribution in [2.45, 2.75) is 32.8 Å². The smallest absolute Gasteiger partial charge is 0.293 e. The fraction of sp³-hybridized carbons (Fsp3) is 0.571. The zero-order valence-corrected chi connectivity index (χ0v) is 10.9. The van der Waals surface area contributed by atoms with Crippen molar-refractivity contribution < 1.29 is 18.3 Å². The number of halogens is 2. The molecule has 2 nitrogen and oxygen atoms in total. The van der Waals surface area contributed by atoms with Gasteiger partial charge in [-0.3, -0.25) is 0 Å². The highest BCUT2D eigenvalue weighted by Gasteiger charge is 2.29. The molecule has 1 aromatic rings. The zero-order valence-electron chi connectivity index (χ0n) is 10.9. The van der Waals surface area contributed by atoms with Gasteiger partial charge in [0.1, 0.15) is 13.2 Å². The predicted molar refractivity (Wildman–Crippen MR) is 66.9 cm³/mol. The molecule has 0 unspecified atom stereocenters. The van der Waals surface area contributed by atoms with Gasteiger partial charge >= 0.3 is 0 Å². The van der Waals surface area contributed by atoms with Gasteiger partial charge in [-0.2, -0.15) is 0 Å². The molecular formula is C14H20F2O2. The molecule has 18 heavy (non-hydrogen) atoms. The van der Waals surface area contributed by atoms with Crippen molar-refractivity contribution in [1.82, 2.24) is 0 Å². The summed E-state index contributed by atoms with van der Waals surface area (Å²) >= 11 is 0. The summed E-state index contributed by atoms with van der Waals surface area (Å²) in [6, 6.07) is 7.77. The first kappa shape index (κ1) is 15.1. The van der Waals surface area contributed by atoms with Crippen molar-refractivity contribution in [1.29, 1.82) is 0 Å². The van der Waals surface area contributed by atoms with Crippen molar-refractivity contribution in [3.05, 3.63) is 35.4 Å². The van der Waals surface area contributed by atoms with Crippen LogP contribution in [0.25, 0.3) is 0 Å². The van der Waals surface area contributed by atoms with E-state index < -0.39 is 19.1 Å². The largest absolute Gasteiger partial charge is 0.375 e. The van der Waals surface area contributed by atoms with Crippen molar-refractivity contribution >= 4 is 0 Å². The molecule has 0 aromatic heterocycles. The Morgan fingerprint density at radius 3 is 2.06 bits per heavy atom. The Morgan fingerprint density at radius 1 is 0.944 bits per heavy atom. The molecular weight excluding hydrogens is 238 g/mol. The first-order chi connectivity index (χ1) is 8.57. The number of alkyl halides is 2. The maximum atomic E-state index is 13.2. The lowest BCUT2D eigenvalue weighted by molar-refractivity contribution is -0.125. The molecule has 0 aliphatic rings. The van der Waals surface area contributed by atoms with Gasteiger partial charge in [-0.25, -0.2) is 8.78 Å². The topological polar surface area (TPSA) is 18.5 Å². The van der Waals surface area contributed by atoms with Gasteiger partial charge in [-0.15, -0.1) is 0 Å². The van der Waals surface area contributed by atoms with Crippen LogP contribution in [0.2, 0.25) is 0 Å². The highest BCUT2D eigenvalue weighted by atomic mass is 19.3. The summed E-state index contributed by atoms with van der Waals surface area (Å²) in [5, 5.41) is 0. The van der Waals surface area contributed by atoms with Crippen LogP contribution in [0.15, 0.2) is 24.3 Å². The summed E-state index contributed by atoms with van der Waals surface area (Å²) in [5.74, 6) is -2.92. The second-order valence-corrected chi connectivity index (χ2v) is 4.16. The van der Waals surface area contributed by atoms with E-state index in [1.54, 1.807) is 6.92 Å². The average molecular weight is 258 g/mol. The number of rotatable bonds is 8. The lowest BCUT2D eigenvalue weighted by Crippen LogP contribution is -2.29. The van der Waals surface area contributed by atoms with Crippen LogP contribution in [0.4, 0.5) is 8.78 Å². The molecule has 0 aliphatic heterocycles. The number of ether oxygens (including phenoxy) is 2. The van der Waals surface area contributed by atoms with E-state index in [9.17, 15) is 8.78 Å². The fourth-order valence-corrected chi connectivity index (χ4v) is 1.48. The Morgan fingerprint density at radius 2 is 1.50 bits per heavy atom. The second kappa shape index (κ2) is 7.44. The van der Waals surface area contributed by atoms with Gasteiger partial charge in [-0.1, -0.05) is 31.2 Å². The number of benzene rings is 1. The molecule has 0 amide bonds. The molecule has 0 atom stereocenters. The van der Waals surface area contributed by atoms with Gasteiger partial charge < -0.3 is 9.47 Å². The van der Waals surface area contributed by atoms with E-state index in [-0.39, 0.29) is 13.2 Å². The maximum absolute atomic E-state index is 13.2. The van der Waals surface area contributed by atoms with Crippen LogP contribution in [0.5, 0.6) is 0 Å². The summed E-state index contributed by atoms with van der Waals surface area (Å²) < 4.78 is 36.1. The highest BCUT2D eigenvalue weighted by Crippen LogP contribution is 2.15. The molecule has 0 heterocycles. The molecule has 0 saturated carbocycles. The van der Waals surface area contributed by atoms with E-state index in [0.717, 1.165) is 12.0 Å². The van der Waals surface area contributed by atoms with Gasteiger partial charge in [0.2, 0.25) is 0 Å². The lowest BCUT2D eigenvalue weighted by Gasteiger charge is -2.16. The van der Waals surface area contributed by atoms with Crippen LogP contribution >= 0.6 is 0 Å². The summed E-state index contributed by atoms with van der Waals surface area (Å²) in [6.45, 7) is 3.05. The SMILES string of the molecule is CCOCC(F)(F)COCc1ccc(CC)cc1. The molecule has 1 aromatic carbocycles. The van der Waals surface area contributed by atoms with Gasteiger partial charge in [0.15, 0.2) is 0 Å². The zero-order chi connectivity index (χ0) is 13.4. The standard InChI is InChI=1S/C14H20F2O2/c1-3-12-5-7-13(8-6-12)9-18-11-14(15,16)10-17-4-2/h5-8H,3-4,9-11H2,1-2H3. The Balaban J connectivity index is 2.31. The lowest BCUT2D eigenvalue weighted by atomic mass is 10.1. The Bertz CT molecular complexity index is 336. The first-order valence-corrected chi connectivity index (χ1v) is 6.18. The molecule has 0 aliphatic carbocycles. The number of hydrogen-bond acceptors (Lipinski definition) is 2. The normalized spacial score (nSPS) is 11.8. The molecule has 102 valence electrons. The van der Waals surface area contributed by atoms with Crippen molar-refractivity contribution in [2.24, 2.45) is 0 Å². The molecule has 0 fully saturated rings. The van der Waals surface area contributed by atoms with Crippen molar-refractivity contribution in [3.63, 3.8) is 0 Å². The molecule has 0 saturated heterocycles.